The van der Waals surface area contributed by atoms with E-state index in [2.05, 4.69) is 5.10 Å². The van der Waals surface area contributed by atoms with Crippen LogP contribution in [-0.2, 0) is 17.8 Å². The number of aryl methyl sites for hydroxylation is 1. The van der Waals surface area contributed by atoms with Crippen molar-refractivity contribution >= 4 is 17.4 Å². The summed E-state index contributed by atoms with van der Waals surface area (Å²) in [6.45, 7) is 3.86. The van der Waals surface area contributed by atoms with E-state index in [0.717, 1.165) is 12.1 Å². The van der Waals surface area contributed by atoms with Crippen molar-refractivity contribution in [3.8, 4) is 0 Å². The highest BCUT2D eigenvalue weighted by Gasteiger charge is 2.05. The molecule has 1 aromatic rings. The third-order valence-corrected chi connectivity index (χ3v) is 1.75. The monoisotopic (exact) mass is 186 g/mol. The average molecular weight is 187 g/mol. The molecule has 0 saturated carbocycles. The first-order valence-corrected chi connectivity index (χ1v) is 4.23. The molecule has 0 aliphatic heterocycles. The lowest BCUT2D eigenvalue weighted by atomic mass is 10.3. The number of rotatable bonds is 3. The Labute approximate surface area is 76.3 Å². The predicted octanol–water partition coefficient (Wildman–Crippen LogP) is 1.69. The van der Waals surface area contributed by atoms with Crippen LogP contribution in [0.15, 0.2) is 6.07 Å². The van der Waals surface area contributed by atoms with Crippen LogP contribution in [0.3, 0.4) is 0 Å². The van der Waals surface area contributed by atoms with Crippen molar-refractivity contribution in [2.45, 2.75) is 26.8 Å². The number of hydrogen-bond donors (Lipinski definition) is 0. The van der Waals surface area contributed by atoms with Gasteiger partial charge in [-0.15, -0.1) is 0 Å². The summed E-state index contributed by atoms with van der Waals surface area (Å²) in [7, 11) is 0. The Hall–Kier alpha value is -0.830. The second-order valence-corrected chi connectivity index (χ2v) is 3.06. The molecule has 3 nitrogen and oxygen atoms in total. The molecular formula is C8H11ClN2O. The fraction of sp³-hybridized carbons (Fsp3) is 0.500. The van der Waals surface area contributed by atoms with Gasteiger partial charge in [-0.3, -0.25) is 9.48 Å². The molecule has 0 aromatic carbocycles. The van der Waals surface area contributed by atoms with Gasteiger partial charge >= 0.3 is 0 Å². The van der Waals surface area contributed by atoms with Gasteiger partial charge < -0.3 is 0 Å². The summed E-state index contributed by atoms with van der Waals surface area (Å²) < 4.78 is 1.64. The van der Waals surface area contributed by atoms with E-state index in [4.69, 9.17) is 11.6 Å². The van der Waals surface area contributed by atoms with E-state index in [-0.39, 0.29) is 5.78 Å². The minimum atomic E-state index is 0.0875. The van der Waals surface area contributed by atoms with Crippen LogP contribution in [0.25, 0.3) is 0 Å². The van der Waals surface area contributed by atoms with Gasteiger partial charge in [0.05, 0.1) is 6.54 Å². The van der Waals surface area contributed by atoms with E-state index in [0.29, 0.717) is 11.7 Å². The highest BCUT2D eigenvalue weighted by atomic mass is 35.5. The third-order valence-electron chi connectivity index (χ3n) is 1.57. The van der Waals surface area contributed by atoms with Crippen LogP contribution in [0, 0.1) is 0 Å². The van der Waals surface area contributed by atoms with Gasteiger partial charge in [0.15, 0.2) is 10.9 Å². The summed E-state index contributed by atoms with van der Waals surface area (Å²) in [6.07, 6.45) is 0.840. The summed E-state index contributed by atoms with van der Waals surface area (Å²) in [6, 6.07) is 1.78. The highest BCUT2D eigenvalue weighted by molar-refractivity contribution is 6.29. The van der Waals surface area contributed by atoms with Crippen LogP contribution in [-0.4, -0.2) is 15.6 Å². The topological polar surface area (TPSA) is 34.9 Å². The van der Waals surface area contributed by atoms with E-state index in [1.54, 1.807) is 10.7 Å². The Kier molecular flexibility index (Phi) is 2.87. The van der Waals surface area contributed by atoms with Crippen molar-refractivity contribution in [1.82, 2.24) is 9.78 Å². The van der Waals surface area contributed by atoms with E-state index < -0.39 is 0 Å². The van der Waals surface area contributed by atoms with Gasteiger partial charge in [-0.05, 0) is 19.4 Å². The lowest BCUT2D eigenvalue weighted by Gasteiger charge is -2.00. The molecule has 1 heterocycles. The molecule has 66 valence electrons. The Balaban J connectivity index is 2.89. The maximum absolute atomic E-state index is 10.8. The molecule has 0 amide bonds. The molecule has 0 atom stereocenters. The zero-order chi connectivity index (χ0) is 9.14. The van der Waals surface area contributed by atoms with Crippen molar-refractivity contribution < 1.29 is 4.79 Å². The molecule has 0 N–H and O–H groups in total. The van der Waals surface area contributed by atoms with Crippen LogP contribution in [0.5, 0.6) is 0 Å². The molecule has 1 aromatic heterocycles. The molecule has 0 aliphatic carbocycles. The van der Waals surface area contributed by atoms with Gasteiger partial charge in [0.2, 0.25) is 0 Å². The zero-order valence-electron chi connectivity index (χ0n) is 7.17. The summed E-state index contributed by atoms with van der Waals surface area (Å²) in [4.78, 5) is 10.8. The van der Waals surface area contributed by atoms with Crippen molar-refractivity contribution in [1.29, 1.82) is 0 Å². The minimum absolute atomic E-state index is 0.0875. The van der Waals surface area contributed by atoms with E-state index >= 15 is 0 Å². The lowest BCUT2D eigenvalue weighted by molar-refractivity contribution is -0.117. The smallest absolute Gasteiger partial charge is 0.151 e. The first-order valence-electron chi connectivity index (χ1n) is 3.85. The first-order chi connectivity index (χ1) is 5.63. The van der Waals surface area contributed by atoms with Crippen molar-refractivity contribution in [3.63, 3.8) is 0 Å². The Morgan fingerprint density at radius 3 is 2.92 bits per heavy atom. The minimum Gasteiger partial charge on any atom is -0.298 e. The maximum atomic E-state index is 10.8. The molecule has 0 aliphatic rings. The summed E-state index contributed by atoms with van der Waals surface area (Å²) in [5, 5.41) is 4.43. The molecule has 0 bridgehead atoms. The fourth-order valence-electron chi connectivity index (χ4n) is 1.05. The standard InChI is InChI=1S/C8H11ClN2O/c1-3-7-4-8(9)10-11(7)5-6(2)12/h4H,3,5H2,1-2H3. The maximum Gasteiger partial charge on any atom is 0.151 e. The van der Waals surface area contributed by atoms with Crippen molar-refractivity contribution in [2.75, 3.05) is 0 Å². The second kappa shape index (κ2) is 3.72. The van der Waals surface area contributed by atoms with Crippen LogP contribution in [0.4, 0.5) is 0 Å². The SMILES string of the molecule is CCc1cc(Cl)nn1CC(C)=O. The molecule has 12 heavy (non-hydrogen) atoms. The number of halogens is 1. The molecule has 0 unspecified atom stereocenters. The number of carbonyl (C=O) groups is 1. The normalized spacial score (nSPS) is 10.2. The van der Waals surface area contributed by atoms with E-state index in [1.807, 2.05) is 6.92 Å². The number of nitrogens with zero attached hydrogens (tertiary/aromatic N) is 2. The van der Waals surface area contributed by atoms with Crippen LogP contribution >= 0.6 is 11.6 Å². The number of carbonyl (C=O) groups excluding carboxylic acids is 1. The van der Waals surface area contributed by atoms with E-state index in [9.17, 15) is 4.79 Å². The predicted molar refractivity (Wildman–Crippen MR) is 47.3 cm³/mol. The van der Waals surface area contributed by atoms with Gasteiger partial charge in [-0.25, -0.2) is 0 Å². The number of Topliss-reactive ketones (excluding diaryl/α,β-unsaturated/α-hetero) is 1. The van der Waals surface area contributed by atoms with Gasteiger partial charge in [0.1, 0.15) is 0 Å². The number of hydrogen-bond acceptors (Lipinski definition) is 2. The van der Waals surface area contributed by atoms with Gasteiger partial charge in [-0.2, -0.15) is 5.10 Å². The highest BCUT2D eigenvalue weighted by Crippen LogP contribution is 2.10. The number of aromatic nitrogens is 2. The molecule has 0 fully saturated rings. The summed E-state index contributed by atoms with van der Waals surface area (Å²) in [5.41, 5.74) is 0.996. The summed E-state index contributed by atoms with van der Waals surface area (Å²) in [5.74, 6) is 0.0875. The average Bonchev–Trinajstić information content (AvgIpc) is 2.29. The summed E-state index contributed by atoms with van der Waals surface area (Å²) >= 11 is 5.68. The third kappa shape index (κ3) is 2.08. The molecule has 0 spiro atoms. The molecular weight excluding hydrogens is 176 g/mol. The molecule has 0 saturated heterocycles. The molecule has 4 heteroatoms. The largest absolute Gasteiger partial charge is 0.298 e. The zero-order valence-corrected chi connectivity index (χ0v) is 7.93. The van der Waals surface area contributed by atoms with E-state index in [1.165, 1.54) is 6.92 Å². The quantitative estimate of drug-likeness (QED) is 0.720. The molecule has 1 rings (SSSR count). The Morgan fingerprint density at radius 2 is 2.42 bits per heavy atom. The lowest BCUT2D eigenvalue weighted by Crippen LogP contribution is -2.10. The van der Waals surface area contributed by atoms with Gasteiger partial charge in [0.25, 0.3) is 0 Å². The van der Waals surface area contributed by atoms with Crippen LogP contribution in [0.2, 0.25) is 5.15 Å². The Morgan fingerprint density at radius 1 is 1.75 bits per heavy atom. The molecule has 0 radical (unpaired) electrons. The second-order valence-electron chi connectivity index (χ2n) is 2.67. The van der Waals surface area contributed by atoms with Crippen molar-refractivity contribution in [2.24, 2.45) is 0 Å². The fourth-order valence-corrected chi connectivity index (χ4v) is 1.27. The Bertz CT molecular complexity index is 293. The van der Waals surface area contributed by atoms with Gasteiger partial charge in [0, 0.05) is 5.69 Å². The first kappa shape index (κ1) is 9.26. The van der Waals surface area contributed by atoms with Crippen LogP contribution < -0.4 is 0 Å². The van der Waals surface area contributed by atoms with Gasteiger partial charge in [-0.1, -0.05) is 18.5 Å². The van der Waals surface area contributed by atoms with Crippen molar-refractivity contribution in [3.05, 3.63) is 16.9 Å². The number of ketones is 1. The van der Waals surface area contributed by atoms with Crippen LogP contribution in [0.1, 0.15) is 19.5 Å².